The van der Waals surface area contributed by atoms with Crippen molar-refractivity contribution in [2.45, 2.75) is 0 Å². The topological polar surface area (TPSA) is 71.5 Å². The number of H-pyrrole nitrogens is 1. The summed E-state index contributed by atoms with van der Waals surface area (Å²) < 4.78 is 0. The number of nitrogens with zero attached hydrogens (tertiary/aromatic N) is 3. The lowest BCUT2D eigenvalue weighted by Crippen LogP contribution is -2.06. The van der Waals surface area contributed by atoms with Gasteiger partial charge in [0.05, 0.1) is 18.6 Å². The second kappa shape index (κ2) is 5.92. The number of aromatic amines is 1. The molecule has 0 saturated heterocycles. The minimum atomic E-state index is -0.136. The van der Waals surface area contributed by atoms with Crippen LogP contribution in [0.4, 0.5) is 0 Å². The molecule has 4 aromatic rings. The van der Waals surface area contributed by atoms with E-state index in [4.69, 9.17) is 0 Å². The van der Waals surface area contributed by atoms with Crippen molar-refractivity contribution in [1.29, 1.82) is 0 Å². The van der Waals surface area contributed by atoms with Crippen LogP contribution in [0, 0.1) is 0 Å². The van der Waals surface area contributed by atoms with Gasteiger partial charge in [0.2, 0.25) is 0 Å². The summed E-state index contributed by atoms with van der Waals surface area (Å²) >= 11 is 0. The van der Waals surface area contributed by atoms with Gasteiger partial charge >= 0.3 is 0 Å². The molecule has 0 bridgehead atoms. The number of benzene rings is 2. The molecule has 2 aromatic carbocycles. The normalized spacial score (nSPS) is 10.1. The first-order valence-corrected chi connectivity index (χ1v) is 6.42. The molecule has 0 saturated carbocycles. The number of hydrogen-bond acceptors (Lipinski definition) is 4. The first kappa shape index (κ1) is 12.9. The largest absolute Gasteiger partial charge is 0.272 e. The Hall–Kier alpha value is -3.08. The predicted octanol–water partition coefficient (Wildman–Crippen LogP) is 2.55. The standard InChI is InChI=1S/C8H6N2O.C8H6N2/c11-8-7-4-2-1-3-6(7)5-9-10-8;1-2-4-8-6-10-9-5-7(8)3-1/h1-5H,(H,10,11);1-6H. The summed E-state index contributed by atoms with van der Waals surface area (Å²) in [6, 6.07) is 15.4. The van der Waals surface area contributed by atoms with Gasteiger partial charge in [-0.15, -0.1) is 0 Å². The van der Waals surface area contributed by atoms with E-state index in [2.05, 4.69) is 20.4 Å². The van der Waals surface area contributed by atoms with E-state index in [9.17, 15) is 4.79 Å². The summed E-state index contributed by atoms with van der Waals surface area (Å²) in [4.78, 5) is 11.1. The van der Waals surface area contributed by atoms with Crippen molar-refractivity contribution >= 4 is 21.5 Å². The molecule has 2 heterocycles. The van der Waals surface area contributed by atoms with Crippen LogP contribution in [0.3, 0.4) is 0 Å². The van der Waals surface area contributed by atoms with E-state index in [-0.39, 0.29) is 5.56 Å². The van der Waals surface area contributed by atoms with Gasteiger partial charge in [0.25, 0.3) is 5.56 Å². The molecule has 5 nitrogen and oxygen atoms in total. The molecular weight excluding hydrogens is 264 g/mol. The molecule has 5 heteroatoms. The van der Waals surface area contributed by atoms with E-state index in [1.54, 1.807) is 24.7 Å². The Labute approximate surface area is 120 Å². The summed E-state index contributed by atoms with van der Waals surface area (Å²) in [5.74, 6) is 0. The Morgan fingerprint density at radius 2 is 1.29 bits per heavy atom. The van der Waals surface area contributed by atoms with Crippen LogP contribution in [0.15, 0.2) is 71.9 Å². The van der Waals surface area contributed by atoms with Gasteiger partial charge in [-0.05, 0) is 6.07 Å². The summed E-state index contributed by atoms with van der Waals surface area (Å²) in [7, 11) is 0. The summed E-state index contributed by atoms with van der Waals surface area (Å²) in [5.41, 5.74) is -0.136. The second-order valence-electron chi connectivity index (χ2n) is 4.40. The molecule has 1 N–H and O–H groups in total. The van der Waals surface area contributed by atoms with E-state index < -0.39 is 0 Å². The van der Waals surface area contributed by atoms with Gasteiger partial charge in [0, 0.05) is 21.5 Å². The number of fused-ring (bicyclic) bond motifs is 2. The maximum absolute atomic E-state index is 11.1. The molecule has 0 radical (unpaired) electrons. The molecule has 0 spiro atoms. The fraction of sp³-hybridized carbons (Fsp3) is 0. The quantitative estimate of drug-likeness (QED) is 0.536. The third kappa shape index (κ3) is 2.92. The average Bonchev–Trinajstić information content (AvgIpc) is 2.56. The van der Waals surface area contributed by atoms with Crippen molar-refractivity contribution in [3.8, 4) is 0 Å². The van der Waals surface area contributed by atoms with Gasteiger partial charge in [-0.25, -0.2) is 5.10 Å². The van der Waals surface area contributed by atoms with Crippen LogP contribution >= 0.6 is 0 Å². The molecule has 0 aliphatic rings. The Balaban J connectivity index is 0.000000126. The van der Waals surface area contributed by atoms with Crippen molar-refractivity contribution < 1.29 is 0 Å². The first-order chi connectivity index (χ1) is 10.3. The van der Waals surface area contributed by atoms with Gasteiger partial charge in [0.15, 0.2) is 0 Å². The monoisotopic (exact) mass is 276 g/mol. The SMILES string of the molecule is O=c1[nH]ncc2ccccc12.c1ccc2cnncc2c1. The number of aromatic nitrogens is 4. The molecule has 0 aliphatic carbocycles. The maximum Gasteiger partial charge on any atom is 0.272 e. The zero-order valence-electron chi connectivity index (χ0n) is 11.1. The number of nitrogens with one attached hydrogen (secondary N) is 1. The molecule has 4 rings (SSSR count). The third-order valence-electron chi connectivity index (χ3n) is 3.03. The zero-order chi connectivity index (χ0) is 14.5. The van der Waals surface area contributed by atoms with Gasteiger partial charge in [0.1, 0.15) is 0 Å². The Morgan fingerprint density at radius 1 is 0.714 bits per heavy atom. The van der Waals surface area contributed by atoms with Crippen molar-refractivity contribution in [3.63, 3.8) is 0 Å². The van der Waals surface area contributed by atoms with E-state index in [0.29, 0.717) is 5.39 Å². The fourth-order valence-electron chi connectivity index (χ4n) is 1.97. The van der Waals surface area contributed by atoms with Crippen molar-refractivity contribution in [3.05, 3.63) is 77.5 Å². The number of hydrogen-bond donors (Lipinski definition) is 1. The van der Waals surface area contributed by atoms with Crippen LogP contribution < -0.4 is 5.56 Å². The lowest BCUT2D eigenvalue weighted by molar-refractivity contribution is 1.01. The fourth-order valence-corrected chi connectivity index (χ4v) is 1.97. The first-order valence-electron chi connectivity index (χ1n) is 6.42. The van der Waals surface area contributed by atoms with Crippen molar-refractivity contribution in [2.75, 3.05) is 0 Å². The van der Waals surface area contributed by atoms with Crippen LogP contribution in [-0.2, 0) is 0 Å². The van der Waals surface area contributed by atoms with Crippen LogP contribution in [0.25, 0.3) is 21.5 Å². The van der Waals surface area contributed by atoms with E-state index in [1.807, 2.05) is 42.5 Å². The minimum Gasteiger partial charge on any atom is -0.267 e. The average molecular weight is 276 g/mol. The summed E-state index contributed by atoms with van der Waals surface area (Å²) in [5, 5.41) is 17.4. The molecule has 0 unspecified atom stereocenters. The highest BCUT2D eigenvalue weighted by Gasteiger charge is 1.93. The highest BCUT2D eigenvalue weighted by Crippen LogP contribution is 2.08. The molecule has 102 valence electrons. The molecule has 0 fully saturated rings. The van der Waals surface area contributed by atoms with Crippen LogP contribution in [0.2, 0.25) is 0 Å². The minimum absolute atomic E-state index is 0.136. The van der Waals surface area contributed by atoms with Crippen molar-refractivity contribution in [1.82, 2.24) is 20.4 Å². The highest BCUT2D eigenvalue weighted by atomic mass is 16.1. The van der Waals surface area contributed by atoms with Gasteiger partial charge < -0.3 is 0 Å². The Kier molecular flexibility index (Phi) is 3.64. The van der Waals surface area contributed by atoms with Gasteiger partial charge in [-0.2, -0.15) is 15.3 Å². The van der Waals surface area contributed by atoms with Gasteiger partial charge in [-0.1, -0.05) is 42.5 Å². The van der Waals surface area contributed by atoms with E-state index >= 15 is 0 Å². The molecule has 2 aromatic heterocycles. The van der Waals surface area contributed by atoms with Crippen LogP contribution in [-0.4, -0.2) is 20.4 Å². The lowest BCUT2D eigenvalue weighted by atomic mass is 10.2. The molecule has 0 atom stereocenters. The Morgan fingerprint density at radius 3 is 1.90 bits per heavy atom. The third-order valence-corrected chi connectivity index (χ3v) is 3.03. The molecule has 0 amide bonds. The van der Waals surface area contributed by atoms with Gasteiger partial charge in [-0.3, -0.25) is 4.79 Å². The van der Waals surface area contributed by atoms with Crippen molar-refractivity contribution in [2.24, 2.45) is 0 Å². The second-order valence-corrected chi connectivity index (χ2v) is 4.40. The predicted molar refractivity (Wildman–Crippen MR) is 81.9 cm³/mol. The van der Waals surface area contributed by atoms with E-state index in [1.165, 1.54) is 0 Å². The summed E-state index contributed by atoms with van der Waals surface area (Å²) in [6.45, 7) is 0. The highest BCUT2D eigenvalue weighted by molar-refractivity contribution is 5.80. The lowest BCUT2D eigenvalue weighted by Gasteiger charge is -1.91. The van der Waals surface area contributed by atoms with Crippen LogP contribution in [0.5, 0.6) is 0 Å². The maximum atomic E-state index is 11.1. The summed E-state index contributed by atoms with van der Waals surface area (Å²) in [6.07, 6.45) is 5.15. The Bertz CT molecular complexity index is 863. The number of rotatable bonds is 0. The molecule has 21 heavy (non-hydrogen) atoms. The molecular formula is C16H12N4O. The molecule has 0 aliphatic heterocycles. The van der Waals surface area contributed by atoms with Crippen LogP contribution in [0.1, 0.15) is 0 Å². The smallest absolute Gasteiger partial charge is 0.267 e. The zero-order valence-corrected chi connectivity index (χ0v) is 11.1. The van der Waals surface area contributed by atoms with E-state index in [0.717, 1.165) is 16.2 Å².